The van der Waals surface area contributed by atoms with Crippen molar-refractivity contribution in [3.05, 3.63) is 28.4 Å². The number of carbonyl (C=O) groups is 1. The monoisotopic (exact) mass is 303 g/mol. The normalized spacial score (nSPS) is 11.5. The number of carboxylic acid groups (broad SMARTS) is 1. The second-order valence-electron chi connectivity index (χ2n) is 3.75. The molecular weight excluding hydrogens is 290 g/mol. The lowest BCUT2D eigenvalue weighted by atomic mass is 10.4. The largest absolute Gasteiger partial charge is 0.481 e. The van der Waals surface area contributed by atoms with Crippen LogP contribution in [0, 0.1) is 10.1 Å². The number of hydrogen-bond donors (Lipinski definition) is 1. The molecule has 20 heavy (non-hydrogen) atoms. The van der Waals surface area contributed by atoms with E-state index >= 15 is 0 Å². The molecule has 0 atom stereocenters. The Kier molecular flexibility index (Phi) is 5.11. The van der Waals surface area contributed by atoms with Crippen molar-refractivity contribution >= 4 is 21.8 Å². The zero-order chi connectivity index (χ0) is 15.3. The summed E-state index contributed by atoms with van der Waals surface area (Å²) < 4.78 is 25.3. The number of nitrogens with zero attached hydrogens (tertiary/aromatic N) is 3. The van der Waals surface area contributed by atoms with E-state index in [-0.39, 0.29) is 24.4 Å². The second-order valence-corrected chi connectivity index (χ2v) is 5.69. The van der Waals surface area contributed by atoms with E-state index in [4.69, 9.17) is 5.11 Å². The zero-order valence-electron chi connectivity index (χ0n) is 10.6. The Morgan fingerprint density at radius 3 is 2.55 bits per heavy atom. The Labute approximate surface area is 115 Å². The Morgan fingerprint density at radius 1 is 1.50 bits per heavy atom. The lowest BCUT2D eigenvalue weighted by molar-refractivity contribution is -0.389. The van der Waals surface area contributed by atoms with Gasteiger partial charge in [-0.2, -0.15) is 4.31 Å². The highest BCUT2D eigenvalue weighted by molar-refractivity contribution is 7.89. The molecule has 0 aliphatic carbocycles. The number of aliphatic carboxylic acids is 1. The van der Waals surface area contributed by atoms with Gasteiger partial charge in [0.2, 0.25) is 10.0 Å². The van der Waals surface area contributed by atoms with Gasteiger partial charge < -0.3 is 15.2 Å². The molecule has 10 heteroatoms. The maximum atomic E-state index is 12.2. The van der Waals surface area contributed by atoms with Gasteiger partial charge in [-0.1, -0.05) is 6.92 Å². The van der Waals surface area contributed by atoms with Gasteiger partial charge >= 0.3 is 11.8 Å². The smallest absolute Gasteiger partial charge is 0.363 e. The molecule has 110 valence electrons. The molecule has 0 aliphatic heterocycles. The highest BCUT2D eigenvalue weighted by Gasteiger charge is 2.25. The van der Waals surface area contributed by atoms with E-state index in [1.807, 2.05) is 0 Å². The number of rotatable bonds is 7. The molecule has 0 aromatic carbocycles. The summed E-state index contributed by atoms with van der Waals surface area (Å²) in [6, 6.07) is 2.06. The predicted molar refractivity (Wildman–Crippen MR) is 67.6 cm³/mol. The van der Waals surface area contributed by atoms with Crippen molar-refractivity contribution in [1.29, 1.82) is 0 Å². The van der Waals surface area contributed by atoms with Crippen LogP contribution in [0.1, 0.15) is 13.3 Å². The Hall–Kier alpha value is -2.07. The third kappa shape index (κ3) is 3.71. The minimum absolute atomic E-state index is 0.0899. The first-order chi connectivity index (χ1) is 9.28. The number of nitro groups is 1. The van der Waals surface area contributed by atoms with Crippen molar-refractivity contribution in [3.63, 3.8) is 0 Å². The molecule has 0 saturated heterocycles. The van der Waals surface area contributed by atoms with Crippen LogP contribution in [0.15, 0.2) is 23.2 Å². The summed E-state index contributed by atoms with van der Waals surface area (Å²) in [5.74, 6) is -1.57. The highest BCUT2D eigenvalue weighted by atomic mass is 32.2. The van der Waals surface area contributed by atoms with Gasteiger partial charge in [0.15, 0.2) is 6.20 Å². The molecule has 0 spiro atoms. The van der Waals surface area contributed by atoms with Gasteiger partial charge in [0, 0.05) is 19.2 Å². The van der Waals surface area contributed by atoms with Gasteiger partial charge in [-0.05, 0) is 16.0 Å². The highest BCUT2D eigenvalue weighted by Crippen LogP contribution is 2.17. The quantitative estimate of drug-likeness (QED) is 0.572. The van der Waals surface area contributed by atoms with Gasteiger partial charge in [0.05, 0.1) is 6.42 Å². The minimum Gasteiger partial charge on any atom is -0.481 e. The van der Waals surface area contributed by atoms with E-state index < -0.39 is 26.7 Å². The van der Waals surface area contributed by atoms with E-state index in [1.165, 1.54) is 0 Å². The van der Waals surface area contributed by atoms with Crippen LogP contribution in [0.25, 0.3) is 0 Å². The summed E-state index contributed by atoms with van der Waals surface area (Å²) in [6.45, 7) is 1.48. The SMILES string of the molecule is CCN(CCC(=O)O)S(=O)(=O)c1ccc([N+](=O)[O-])nc1. The van der Waals surface area contributed by atoms with E-state index in [9.17, 15) is 23.3 Å². The maximum absolute atomic E-state index is 12.2. The lowest BCUT2D eigenvalue weighted by Crippen LogP contribution is -2.33. The first-order valence-electron chi connectivity index (χ1n) is 5.61. The van der Waals surface area contributed by atoms with Crippen LogP contribution in [-0.4, -0.2) is 46.8 Å². The Bertz CT molecular complexity index is 598. The van der Waals surface area contributed by atoms with Crippen molar-refractivity contribution in [3.8, 4) is 0 Å². The number of pyridine rings is 1. The summed E-state index contributed by atoms with van der Waals surface area (Å²) in [5.41, 5.74) is 0. The summed E-state index contributed by atoms with van der Waals surface area (Å²) in [4.78, 5) is 23.4. The van der Waals surface area contributed by atoms with Crippen LogP contribution in [0.3, 0.4) is 0 Å². The molecule has 1 N–H and O–H groups in total. The summed E-state index contributed by atoms with van der Waals surface area (Å²) >= 11 is 0. The molecule has 0 saturated carbocycles. The fourth-order valence-corrected chi connectivity index (χ4v) is 2.85. The van der Waals surface area contributed by atoms with Crippen LogP contribution >= 0.6 is 0 Å². The van der Waals surface area contributed by atoms with Crippen molar-refractivity contribution in [2.45, 2.75) is 18.2 Å². The fourth-order valence-electron chi connectivity index (χ4n) is 1.45. The van der Waals surface area contributed by atoms with Crippen LogP contribution in [-0.2, 0) is 14.8 Å². The summed E-state index contributed by atoms with van der Waals surface area (Å²) in [6.07, 6.45) is 0.560. The van der Waals surface area contributed by atoms with E-state index in [0.717, 1.165) is 22.6 Å². The Morgan fingerprint density at radius 2 is 2.15 bits per heavy atom. The summed E-state index contributed by atoms with van der Waals surface area (Å²) in [5, 5.41) is 19.0. The molecule has 1 heterocycles. The number of aromatic nitrogens is 1. The molecule has 1 aromatic rings. The molecule has 0 bridgehead atoms. The van der Waals surface area contributed by atoms with Gasteiger partial charge in [0.25, 0.3) is 0 Å². The molecule has 0 unspecified atom stereocenters. The van der Waals surface area contributed by atoms with Crippen LogP contribution in [0.2, 0.25) is 0 Å². The molecule has 1 rings (SSSR count). The third-order valence-electron chi connectivity index (χ3n) is 2.47. The van der Waals surface area contributed by atoms with Gasteiger partial charge in [-0.25, -0.2) is 8.42 Å². The van der Waals surface area contributed by atoms with Gasteiger partial charge in [0.1, 0.15) is 4.90 Å². The molecule has 0 radical (unpaired) electrons. The maximum Gasteiger partial charge on any atom is 0.363 e. The standard InChI is InChI=1S/C10H13N3O6S/c1-2-12(6-5-10(14)15)20(18,19)8-3-4-9(11-7-8)13(16)17/h3-4,7H,2,5-6H2,1H3,(H,14,15). The van der Waals surface area contributed by atoms with Crippen LogP contribution in [0.4, 0.5) is 5.82 Å². The number of carboxylic acids is 1. The average molecular weight is 303 g/mol. The number of sulfonamides is 1. The van der Waals surface area contributed by atoms with Crippen molar-refractivity contribution in [1.82, 2.24) is 9.29 Å². The molecule has 0 fully saturated rings. The van der Waals surface area contributed by atoms with E-state index in [2.05, 4.69) is 4.98 Å². The number of hydrogen-bond acceptors (Lipinski definition) is 6. The molecule has 0 amide bonds. The van der Waals surface area contributed by atoms with Crippen molar-refractivity contribution < 1.29 is 23.2 Å². The second kappa shape index (κ2) is 6.39. The fraction of sp³-hybridized carbons (Fsp3) is 0.400. The first-order valence-corrected chi connectivity index (χ1v) is 7.05. The van der Waals surface area contributed by atoms with Crippen LogP contribution < -0.4 is 0 Å². The van der Waals surface area contributed by atoms with Gasteiger partial charge in [-0.15, -0.1) is 0 Å². The molecular formula is C10H13N3O6S. The third-order valence-corrected chi connectivity index (χ3v) is 4.43. The predicted octanol–water partition coefficient (Wildman–Crippen LogP) is 0.475. The Balaban J connectivity index is 3.01. The van der Waals surface area contributed by atoms with E-state index in [0.29, 0.717) is 0 Å². The molecule has 1 aromatic heterocycles. The molecule has 9 nitrogen and oxygen atoms in total. The van der Waals surface area contributed by atoms with Crippen LogP contribution in [0.5, 0.6) is 0 Å². The molecule has 0 aliphatic rings. The van der Waals surface area contributed by atoms with E-state index in [1.54, 1.807) is 6.92 Å². The topological polar surface area (TPSA) is 131 Å². The first kappa shape index (κ1) is 16.0. The zero-order valence-corrected chi connectivity index (χ0v) is 11.4. The minimum atomic E-state index is -3.90. The lowest BCUT2D eigenvalue weighted by Gasteiger charge is -2.18. The van der Waals surface area contributed by atoms with Crippen molar-refractivity contribution in [2.24, 2.45) is 0 Å². The van der Waals surface area contributed by atoms with Crippen molar-refractivity contribution in [2.75, 3.05) is 13.1 Å². The average Bonchev–Trinajstić information content (AvgIpc) is 2.38. The summed E-state index contributed by atoms with van der Waals surface area (Å²) in [7, 11) is -3.90. The van der Waals surface area contributed by atoms with Gasteiger partial charge in [-0.3, -0.25) is 4.79 Å².